The summed E-state index contributed by atoms with van der Waals surface area (Å²) in [5.41, 5.74) is 4.99. The Balaban J connectivity index is 1.48. The summed E-state index contributed by atoms with van der Waals surface area (Å²) in [6.45, 7) is 8.52. The van der Waals surface area contributed by atoms with Crippen LogP contribution in [-0.4, -0.2) is 24.5 Å². The molecule has 0 aliphatic carbocycles. The summed E-state index contributed by atoms with van der Waals surface area (Å²) in [7, 11) is 0. The molecule has 0 unspecified atom stereocenters. The molecule has 7 nitrogen and oxygen atoms in total. The lowest BCUT2D eigenvalue weighted by Crippen LogP contribution is -2.54. The predicted molar refractivity (Wildman–Crippen MR) is 168 cm³/mol. The highest BCUT2D eigenvalue weighted by Gasteiger charge is 2.37. The van der Waals surface area contributed by atoms with E-state index >= 15 is 0 Å². The van der Waals surface area contributed by atoms with Crippen LogP contribution in [0.5, 0.6) is 11.5 Å². The monoisotopic (exact) mass is 660 g/mol. The number of ether oxygens (including phenoxy) is 2. The van der Waals surface area contributed by atoms with Gasteiger partial charge in [-0.2, -0.15) is 0 Å². The van der Waals surface area contributed by atoms with Gasteiger partial charge in [0, 0.05) is 5.56 Å². The van der Waals surface area contributed by atoms with Crippen LogP contribution < -0.4 is 19.7 Å². The maximum absolute atomic E-state index is 13.4. The van der Waals surface area contributed by atoms with Gasteiger partial charge in [0.05, 0.1) is 15.9 Å². The van der Waals surface area contributed by atoms with Crippen LogP contribution in [0.15, 0.2) is 72.3 Å². The fourth-order valence-electron chi connectivity index (χ4n) is 4.78. The topological polar surface area (TPSA) is 84.9 Å². The number of urea groups is 1. The van der Waals surface area contributed by atoms with E-state index in [0.29, 0.717) is 36.0 Å². The van der Waals surface area contributed by atoms with Crippen molar-refractivity contribution in [2.24, 2.45) is 0 Å². The fraction of sp³-hybridized carbons (Fsp3) is 0.182. The van der Waals surface area contributed by atoms with Crippen LogP contribution in [0, 0.1) is 24.3 Å². The lowest BCUT2D eigenvalue weighted by atomic mass is 10.0. The van der Waals surface area contributed by atoms with Gasteiger partial charge in [0.15, 0.2) is 11.5 Å². The average molecular weight is 661 g/mol. The molecule has 41 heavy (non-hydrogen) atoms. The van der Waals surface area contributed by atoms with Crippen LogP contribution in [0.3, 0.4) is 0 Å². The molecular weight excluding hydrogens is 631 g/mol. The van der Waals surface area contributed by atoms with Gasteiger partial charge in [0.1, 0.15) is 12.2 Å². The van der Waals surface area contributed by atoms with Gasteiger partial charge in [0.25, 0.3) is 11.8 Å². The lowest BCUT2D eigenvalue weighted by molar-refractivity contribution is -0.122. The van der Waals surface area contributed by atoms with Crippen LogP contribution in [0.2, 0.25) is 0 Å². The average Bonchev–Trinajstić information content (AvgIpc) is 2.93. The zero-order chi connectivity index (χ0) is 29.3. The van der Waals surface area contributed by atoms with Crippen molar-refractivity contribution < 1.29 is 23.9 Å². The molecule has 4 aromatic rings. The smallest absolute Gasteiger partial charge is 0.335 e. The highest BCUT2D eigenvalue weighted by Crippen LogP contribution is 2.37. The number of carbonyl (C=O) groups excluding carboxylic acids is 3. The Kier molecular flexibility index (Phi) is 8.12. The maximum atomic E-state index is 13.4. The molecular formula is C33H29IN2O5. The third-order valence-corrected chi connectivity index (χ3v) is 7.93. The number of nitrogens with zero attached hydrogens (tertiary/aromatic N) is 1. The maximum Gasteiger partial charge on any atom is 0.335 e. The van der Waals surface area contributed by atoms with E-state index < -0.39 is 17.8 Å². The minimum Gasteiger partial charge on any atom is -0.490 e. The molecule has 0 spiro atoms. The molecule has 0 radical (unpaired) electrons. The largest absolute Gasteiger partial charge is 0.490 e. The van der Waals surface area contributed by atoms with Crippen molar-refractivity contribution in [2.45, 2.75) is 34.3 Å². The molecule has 0 bridgehead atoms. The summed E-state index contributed by atoms with van der Waals surface area (Å²) in [5.74, 6) is -0.371. The standard InChI is InChI=1S/C33H29IN2O5/c1-5-40-29-17-22(15-26-31(37)35-33(39)36(32(26)38)24-13-11-19(2)21(4)14-24)16-28(34)30(29)41-18-27-20(3)10-12-23-8-6-7-9-25(23)27/h6-17H,5,18H2,1-4H3,(H,35,37,39)/b26-15+. The number of benzene rings is 4. The number of carbonyl (C=O) groups is 3. The SMILES string of the molecule is CCOc1cc(/C=C2\C(=O)NC(=O)N(c3ccc(C)c(C)c3)C2=O)cc(I)c1OCc1c(C)ccc2ccccc12. The quantitative estimate of drug-likeness (QED) is 0.131. The molecule has 0 saturated carbocycles. The van der Waals surface area contributed by atoms with E-state index in [9.17, 15) is 14.4 Å². The molecule has 1 aliphatic heterocycles. The second-order valence-electron chi connectivity index (χ2n) is 9.86. The Morgan fingerprint density at radius 1 is 0.878 bits per heavy atom. The molecule has 1 N–H and O–H groups in total. The molecule has 4 aromatic carbocycles. The number of rotatable bonds is 7. The van der Waals surface area contributed by atoms with Gasteiger partial charge in [-0.3, -0.25) is 14.9 Å². The van der Waals surface area contributed by atoms with E-state index in [-0.39, 0.29) is 5.57 Å². The molecule has 4 amide bonds. The van der Waals surface area contributed by atoms with Crippen molar-refractivity contribution in [3.63, 3.8) is 0 Å². The second-order valence-corrected chi connectivity index (χ2v) is 11.0. The zero-order valence-corrected chi connectivity index (χ0v) is 25.4. The number of aryl methyl sites for hydroxylation is 3. The second kappa shape index (κ2) is 11.7. The number of nitrogens with one attached hydrogen (secondary N) is 1. The van der Waals surface area contributed by atoms with Gasteiger partial charge >= 0.3 is 6.03 Å². The normalized spacial score (nSPS) is 14.5. The summed E-state index contributed by atoms with van der Waals surface area (Å²) in [6.07, 6.45) is 1.47. The highest BCUT2D eigenvalue weighted by atomic mass is 127. The summed E-state index contributed by atoms with van der Waals surface area (Å²) in [5, 5.41) is 4.56. The van der Waals surface area contributed by atoms with Crippen LogP contribution in [0.1, 0.15) is 34.7 Å². The molecule has 0 atom stereocenters. The minimum absolute atomic E-state index is 0.152. The lowest BCUT2D eigenvalue weighted by Gasteiger charge is -2.27. The van der Waals surface area contributed by atoms with E-state index in [1.807, 2.05) is 45.0 Å². The molecule has 208 valence electrons. The first-order valence-corrected chi connectivity index (χ1v) is 14.3. The van der Waals surface area contributed by atoms with Crippen molar-refractivity contribution >= 4 is 63.0 Å². The summed E-state index contributed by atoms with van der Waals surface area (Å²) in [4.78, 5) is 39.8. The van der Waals surface area contributed by atoms with Crippen LogP contribution in [-0.2, 0) is 16.2 Å². The Morgan fingerprint density at radius 2 is 1.63 bits per heavy atom. The number of hydrogen-bond acceptors (Lipinski definition) is 5. The minimum atomic E-state index is -0.780. The predicted octanol–water partition coefficient (Wildman–Crippen LogP) is 7.01. The Hall–Kier alpha value is -4.18. The fourth-order valence-corrected chi connectivity index (χ4v) is 5.56. The van der Waals surface area contributed by atoms with Gasteiger partial charge < -0.3 is 9.47 Å². The van der Waals surface area contributed by atoms with Gasteiger partial charge in [-0.1, -0.05) is 42.5 Å². The van der Waals surface area contributed by atoms with Crippen LogP contribution >= 0.6 is 22.6 Å². The summed E-state index contributed by atoms with van der Waals surface area (Å²) < 4.78 is 13.0. The van der Waals surface area contributed by atoms with E-state index in [4.69, 9.17) is 9.47 Å². The van der Waals surface area contributed by atoms with Crippen LogP contribution in [0.25, 0.3) is 16.8 Å². The number of halogens is 1. The number of amides is 4. The first kappa shape index (κ1) is 28.4. The van der Waals surface area contributed by atoms with E-state index in [1.165, 1.54) is 6.08 Å². The molecule has 1 aliphatic rings. The number of hydrogen-bond donors (Lipinski definition) is 1. The van der Waals surface area contributed by atoms with Crippen molar-refractivity contribution in [3.8, 4) is 11.5 Å². The van der Waals surface area contributed by atoms with E-state index in [2.05, 4.69) is 59.1 Å². The Labute approximate surface area is 252 Å². The third kappa shape index (κ3) is 5.69. The number of fused-ring (bicyclic) bond motifs is 1. The van der Waals surface area contributed by atoms with E-state index in [1.54, 1.807) is 18.2 Å². The number of imide groups is 2. The molecule has 5 rings (SSSR count). The van der Waals surface area contributed by atoms with E-state index in [0.717, 1.165) is 41.5 Å². The van der Waals surface area contributed by atoms with Crippen molar-refractivity contribution in [2.75, 3.05) is 11.5 Å². The van der Waals surface area contributed by atoms with Crippen molar-refractivity contribution in [1.29, 1.82) is 0 Å². The third-order valence-electron chi connectivity index (χ3n) is 7.13. The molecule has 0 aromatic heterocycles. The molecule has 1 fully saturated rings. The summed E-state index contributed by atoms with van der Waals surface area (Å²) in [6, 6.07) is 20.4. The van der Waals surface area contributed by atoms with Crippen molar-refractivity contribution in [3.05, 3.63) is 104 Å². The van der Waals surface area contributed by atoms with Crippen LogP contribution in [0.4, 0.5) is 10.5 Å². The van der Waals surface area contributed by atoms with Gasteiger partial charge in [0.2, 0.25) is 0 Å². The number of barbiturate groups is 1. The molecule has 1 saturated heterocycles. The molecule has 8 heteroatoms. The highest BCUT2D eigenvalue weighted by molar-refractivity contribution is 14.1. The first-order valence-electron chi connectivity index (χ1n) is 13.2. The first-order chi connectivity index (χ1) is 19.7. The molecule has 1 heterocycles. The van der Waals surface area contributed by atoms with Gasteiger partial charge in [-0.25, -0.2) is 9.69 Å². The number of anilines is 1. The Bertz CT molecular complexity index is 1740. The van der Waals surface area contributed by atoms with Gasteiger partial charge in [-0.05, 0) is 114 Å². The van der Waals surface area contributed by atoms with Gasteiger partial charge in [-0.15, -0.1) is 0 Å². The Morgan fingerprint density at radius 3 is 2.39 bits per heavy atom. The summed E-state index contributed by atoms with van der Waals surface area (Å²) >= 11 is 2.16. The van der Waals surface area contributed by atoms with Crippen molar-refractivity contribution in [1.82, 2.24) is 5.32 Å². The zero-order valence-electron chi connectivity index (χ0n) is 23.2.